The highest BCUT2D eigenvalue weighted by Crippen LogP contribution is 2.40. The van der Waals surface area contributed by atoms with E-state index in [0.29, 0.717) is 12.6 Å². The quantitative estimate of drug-likeness (QED) is 0.676. The lowest BCUT2D eigenvalue weighted by atomic mass is 9.91. The van der Waals surface area contributed by atoms with E-state index in [0.717, 1.165) is 0 Å². The lowest BCUT2D eigenvalue weighted by molar-refractivity contribution is -0.0470. The zero-order valence-electron chi connectivity index (χ0n) is 8.43. The smallest absolute Gasteiger partial charge is 0.0705 e. The normalized spacial score (nSPS) is 33.5. The maximum absolute atomic E-state index is 6.09. The van der Waals surface area contributed by atoms with Gasteiger partial charge in [-0.15, -0.1) is 0 Å². The zero-order chi connectivity index (χ0) is 9.15. The highest BCUT2D eigenvalue weighted by molar-refractivity contribution is 4.90. The van der Waals surface area contributed by atoms with Crippen LogP contribution < -0.4 is 5.73 Å². The standard InChI is InChI=1S/C11H21NO/c12-9-10-5-8-11(13-10)6-3-1-2-4-7-11/h10H,1-9,12H2. The van der Waals surface area contributed by atoms with Crippen LogP contribution in [0.4, 0.5) is 0 Å². The third kappa shape index (κ3) is 2.05. The number of rotatable bonds is 1. The van der Waals surface area contributed by atoms with E-state index in [1.807, 2.05) is 0 Å². The predicted octanol–water partition coefficient (Wildman–Crippen LogP) is 2.22. The molecule has 1 aliphatic carbocycles. The van der Waals surface area contributed by atoms with E-state index in [9.17, 15) is 0 Å². The van der Waals surface area contributed by atoms with Gasteiger partial charge in [-0.25, -0.2) is 0 Å². The van der Waals surface area contributed by atoms with Crippen molar-refractivity contribution < 1.29 is 4.74 Å². The van der Waals surface area contributed by atoms with E-state index in [1.165, 1.54) is 51.4 Å². The van der Waals surface area contributed by atoms with Gasteiger partial charge < -0.3 is 10.5 Å². The molecule has 13 heavy (non-hydrogen) atoms. The van der Waals surface area contributed by atoms with E-state index in [4.69, 9.17) is 10.5 Å². The molecule has 0 aromatic rings. The van der Waals surface area contributed by atoms with Crippen LogP contribution in [0.15, 0.2) is 0 Å². The molecule has 2 nitrogen and oxygen atoms in total. The summed E-state index contributed by atoms with van der Waals surface area (Å²) in [5.74, 6) is 0. The van der Waals surface area contributed by atoms with Crippen molar-refractivity contribution in [2.45, 2.75) is 63.1 Å². The summed E-state index contributed by atoms with van der Waals surface area (Å²) in [7, 11) is 0. The molecular weight excluding hydrogens is 162 g/mol. The molecule has 2 N–H and O–H groups in total. The SMILES string of the molecule is NCC1CCC2(CCCCCC2)O1. The molecule has 1 unspecified atom stereocenters. The number of nitrogens with two attached hydrogens (primary N) is 1. The first-order chi connectivity index (χ1) is 6.35. The molecule has 0 radical (unpaired) electrons. The molecule has 2 rings (SSSR count). The highest BCUT2D eigenvalue weighted by atomic mass is 16.5. The summed E-state index contributed by atoms with van der Waals surface area (Å²) in [6.07, 6.45) is 10.9. The Bertz CT molecular complexity index is 161. The maximum Gasteiger partial charge on any atom is 0.0705 e. The first-order valence-corrected chi connectivity index (χ1v) is 5.73. The van der Waals surface area contributed by atoms with Crippen molar-refractivity contribution in [3.63, 3.8) is 0 Å². The minimum atomic E-state index is 0.251. The van der Waals surface area contributed by atoms with Crippen LogP contribution in [0.1, 0.15) is 51.4 Å². The van der Waals surface area contributed by atoms with Crippen LogP contribution >= 0.6 is 0 Å². The molecule has 2 aliphatic rings. The van der Waals surface area contributed by atoms with Crippen molar-refractivity contribution in [1.82, 2.24) is 0 Å². The molecular formula is C11H21NO. The van der Waals surface area contributed by atoms with Crippen molar-refractivity contribution in [2.24, 2.45) is 5.73 Å². The Morgan fingerprint density at radius 2 is 1.77 bits per heavy atom. The first kappa shape index (κ1) is 9.47. The summed E-state index contributed by atoms with van der Waals surface area (Å²) in [6.45, 7) is 0.710. The van der Waals surface area contributed by atoms with E-state index in [1.54, 1.807) is 0 Å². The van der Waals surface area contributed by atoms with Gasteiger partial charge in [0.25, 0.3) is 0 Å². The van der Waals surface area contributed by atoms with Gasteiger partial charge in [0.1, 0.15) is 0 Å². The molecule has 1 spiro atoms. The molecule has 76 valence electrons. The van der Waals surface area contributed by atoms with Gasteiger partial charge in [0.15, 0.2) is 0 Å². The summed E-state index contributed by atoms with van der Waals surface area (Å²) in [4.78, 5) is 0. The Kier molecular flexibility index (Phi) is 2.89. The third-order valence-electron chi connectivity index (χ3n) is 3.62. The monoisotopic (exact) mass is 183 g/mol. The Morgan fingerprint density at radius 1 is 1.08 bits per heavy atom. The minimum Gasteiger partial charge on any atom is -0.370 e. The average molecular weight is 183 g/mol. The van der Waals surface area contributed by atoms with E-state index in [2.05, 4.69) is 0 Å². The lowest BCUT2D eigenvalue weighted by Crippen LogP contribution is -2.30. The summed E-state index contributed by atoms with van der Waals surface area (Å²) >= 11 is 0. The number of hydrogen-bond donors (Lipinski definition) is 1. The molecule has 0 aromatic carbocycles. The molecule has 2 fully saturated rings. The topological polar surface area (TPSA) is 35.2 Å². The maximum atomic E-state index is 6.09. The van der Waals surface area contributed by atoms with Gasteiger partial charge in [-0.3, -0.25) is 0 Å². The number of ether oxygens (including phenoxy) is 1. The molecule has 1 saturated heterocycles. The van der Waals surface area contributed by atoms with Crippen LogP contribution in [0.2, 0.25) is 0 Å². The summed E-state index contributed by atoms with van der Waals surface area (Å²) in [5, 5.41) is 0. The molecule has 1 heterocycles. The predicted molar refractivity (Wildman–Crippen MR) is 53.6 cm³/mol. The Morgan fingerprint density at radius 3 is 2.31 bits per heavy atom. The molecule has 0 aromatic heterocycles. The molecule has 1 atom stereocenters. The fourth-order valence-electron chi connectivity index (χ4n) is 2.80. The summed E-state index contributed by atoms with van der Waals surface area (Å²) in [5.41, 5.74) is 5.89. The van der Waals surface area contributed by atoms with Crippen molar-refractivity contribution >= 4 is 0 Å². The molecule has 0 bridgehead atoms. The van der Waals surface area contributed by atoms with Crippen molar-refractivity contribution in [3.8, 4) is 0 Å². The second-order valence-electron chi connectivity index (χ2n) is 4.61. The largest absolute Gasteiger partial charge is 0.370 e. The second-order valence-corrected chi connectivity index (χ2v) is 4.61. The fraction of sp³-hybridized carbons (Fsp3) is 1.00. The van der Waals surface area contributed by atoms with Gasteiger partial charge in [-0.2, -0.15) is 0 Å². The molecule has 2 heteroatoms. The first-order valence-electron chi connectivity index (χ1n) is 5.73. The average Bonchev–Trinajstić information content (AvgIpc) is 2.40. The summed E-state index contributed by atoms with van der Waals surface area (Å²) < 4.78 is 6.09. The van der Waals surface area contributed by atoms with Crippen LogP contribution in [-0.2, 0) is 4.74 Å². The van der Waals surface area contributed by atoms with Crippen LogP contribution in [0.3, 0.4) is 0 Å². The minimum absolute atomic E-state index is 0.251. The van der Waals surface area contributed by atoms with E-state index in [-0.39, 0.29) is 5.60 Å². The molecule has 0 amide bonds. The van der Waals surface area contributed by atoms with Gasteiger partial charge in [-0.1, -0.05) is 25.7 Å². The lowest BCUT2D eigenvalue weighted by Gasteiger charge is -2.27. The molecule has 1 aliphatic heterocycles. The highest BCUT2D eigenvalue weighted by Gasteiger charge is 2.39. The van der Waals surface area contributed by atoms with Gasteiger partial charge >= 0.3 is 0 Å². The molecule has 1 saturated carbocycles. The van der Waals surface area contributed by atoms with Gasteiger partial charge in [0.05, 0.1) is 11.7 Å². The van der Waals surface area contributed by atoms with Crippen LogP contribution in [0, 0.1) is 0 Å². The Balaban J connectivity index is 1.95. The summed E-state index contributed by atoms with van der Waals surface area (Å²) in [6, 6.07) is 0. The fourth-order valence-corrected chi connectivity index (χ4v) is 2.80. The van der Waals surface area contributed by atoms with Crippen molar-refractivity contribution in [1.29, 1.82) is 0 Å². The zero-order valence-corrected chi connectivity index (χ0v) is 8.43. The van der Waals surface area contributed by atoms with Gasteiger partial charge in [-0.05, 0) is 25.7 Å². The van der Waals surface area contributed by atoms with Gasteiger partial charge in [0.2, 0.25) is 0 Å². The Hall–Kier alpha value is -0.0800. The number of hydrogen-bond acceptors (Lipinski definition) is 2. The van der Waals surface area contributed by atoms with Gasteiger partial charge in [0, 0.05) is 6.54 Å². The Labute approximate surface area is 80.8 Å². The van der Waals surface area contributed by atoms with Crippen LogP contribution in [0.25, 0.3) is 0 Å². The second kappa shape index (κ2) is 3.97. The van der Waals surface area contributed by atoms with Crippen molar-refractivity contribution in [3.05, 3.63) is 0 Å². The van der Waals surface area contributed by atoms with Crippen LogP contribution in [-0.4, -0.2) is 18.2 Å². The third-order valence-corrected chi connectivity index (χ3v) is 3.62. The van der Waals surface area contributed by atoms with E-state index >= 15 is 0 Å². The van der Waals surface area contributed by atoms with Crippen LogP contribution in [0.5, 0.6) is 0 Å². The van der Waals surface area contributed by atoms with E-state index < -0.39 is 0 Å². The van der Waals surface area contributed by atoms with Crippen molar-refractivity contribution in [2.75, 3.05) is 6.54 Å².